The molecule has 9 nitrogen and oxygen atoms in total. The van der Waals surface area contributed by atoms with Gasteiger partial charge in [0.25, 0.3) is 0 Å². The van der Waals surface area contributed by atoms with E-state index in [0.717, 1.165) is 17.4 Å². The summed E-state index contributed by atoms with van der Waals surface area (Å²) < 4.78 is 13.4. The molecule has 0 amide bonds. The van der Waals surface area contributed by atoms with Gasteiger partial charge in [0.2, 0.25) is 0 Å². The second-order valence-corrected chi connectivity index (χ2v) is 7.47. The molecule has 0 aliphatic carbocycles. The highest BCUT2D eigenvalue weighted by molar-refractivity contribution is 6.30. The third-order valence-corrected chi connectivity index (χ3v) is 4.67. The Labute approximate surface area is 184 Å². The molecule has 0 aliphatic rings. The van der Waals surface area contributed by atoms with Gasteiger partial charge in [-0.2, -0.15) is 5.10 Å². The van der Waals surface area contributed by atoms with Crippen LogP contribution in [0.1, 0.15) is 0 Å². The van der Waals surface area contributed by atoms with Crippen LogP contribution in [0.4, 0.5) is 11.6 Å². The summed E-state index contributed by atoms with van der Waals surface area (Å²) in [5.74, 6) is 2.87. The van der Waals surface area contributed by atoms with Gasteiger partial charge in [-0.25, -0.2) is 15.0 Å². The van der Waals surface area contributed by atoms with E-state index in [1.54, 1.807) is 16.9 Å². The lowest BCUT2D eigenvalue weighted by Crippen LogP contribution is -2.19. The molecule has 31 heavy (non-hydrogen) atoms. The molecule has 1 aromatic carbocycles. The van der Waals surface area contributed by atoms with E-state index in [-0.39, 0.29) is 5.15 Å². The highest BCUT2D eigenvalue weighted by atomic mass is 35.5. The molecule has 1 N–H and O–H groups in total. The number of aryl methyl sites for hydroxylation is 1. The van der Waals surface area contributed by atoms with Crippen LogP contribution >= 0.6 is 11.6 Å². The second kappa shape index (κ2) is 9.15. The number of halogens is 1. The van der Waals surface area contributed by atoms with E-state index in [0.29, 0.717) is 35.5 Å². The van der Waals surface area contributed by atoms with Gasteiger partial charge in [0, 0.05) is 37.3 Å². The van der Waals surface area contributed by atoms with Gasteiger partial charge in [-0.15, -0.1) is 0 Å². The molecule has 0 aliphatic heterocycles. The van der Waals surface area contributed by atoms with Crippen molar-refractivity contribution in [3.8, 4) is 17.2 Å². The molecule has 10 heteroatoms. The molecule has 4 aromatic rings. The number of likely N-dealkylation sites (N-methyl/N-ethyl adjacent to an activating group) is 1. The maximum absolute atomic E-state index is 6.24. The number of anilines is 2. The minimum atomic E-state index is 0.246. The van der Waals surface area contributed by atoms with Crippen LogP contribution in [0.25, 0.3) is 10.9 Å². The highest BCUT2D eigenvalue weighted by Crippen LogP contribution is 2.33. The average Bonchev–Trinajstić information content (AvgIpc) is 3.15. The van der Waals surface area contributed by atoms with Gasteiger partial charge >= 0.3 is 0 Å². The van der Waals surface area contributed by atoms with Crippen LogP contribution in [0.3, 0.4) is 0 Å². The first-order valence-corrected chi connectivity index (χ1v) is 9.98. The molecule has 0 bridgehead atoms. The number of pyridine rings is 1. The van der Waals surface area contributed by atoms with Gasteiger partial charge < -0.3 is 19.7 Å². The summed E-state index contributed by atoms with van der Waals surface area (Å²) in [6.45, 7) is 1.32. The maximum Gasteiger partial charge on any atom is 0.171 e. The molecule has 3 aromatic heterocycles. The number of ether oxygens (including phenoxy) is 2. The van der Waals surface area contributed by atoms with Crippen molar-refractivity contribution in [2.75, 3.05) is 32.6 Å². The lowest BCUT2D eigenvalue weighted by molar-refractivity contribution is 0.260. The largest absolute Gasteiger partial charge is 0.490 e. The van der Waals surface area contributed by atoms with E-state index in [2.05, 4.69) is 25.4 Å². The number of fused-ring (bicyclic) bond motifs is 1. The minimum Gasteiger partial charge on any atom is -0.490 e. The van der Waals surface area contributed by atoms with Crippen LogP contribution in [-0.2, 0) is 7.05 Å². The predicted octanol–water partition coefficient (Wildman–Crippen LogP) is 3.89. The van der Waals surface area contributed by atoms with Gasteiger partial charge in [-0.1, -0.05) is 11.6 Å². The molecule has 0 fully saturated rings. The first-order chi connectivity index (χ1) is 15.0. The van der Waals surface area contributed by atoms with Crippen LogP contribution in [0, 0.1) is 0 Å². The lowest BCUT2D eigenvalue weighted by atomic mass is 10.2. The van der Waals surface area contributed by atoms with Crippen molar-refractivity contribution in [1.29, 1.82) is 0 Å². The molecule has 0 spiro atoms. The Morgan fingerprint density at radius 3 is 2.74 bits per heavy atom. The molecule has 0 saturated heterocycles. The molecule has 4 rings (SSSR count). The summed E-state index contributed by atoms with van der Waals surface area (Å²) in [6.07, 6.45) is 4.93. The SMILES string of the molecule is CN(C)CCOc1cnc(Cl)c(Oc2ccc3ncnc(Nc4ccn(C)n4)c3c2)c1. The topological polar surface area (TPSA) is 90.2 Å². The zero-order valence-electron chi connectivity index (χ0n) is 17.4. The number of aromatic nitrogens is 5. The fourth-order valence-corrected chi connectivity index (χ4v) is 2.98. The highest BCUT2D eigenvalue weighted by Gasteiger charge is 2.11. The van der Waals surface area contributed by atoms with E-state index in [1.807, 2.05) is 56.5 Å². The van der Waals surface area contributed by atoms with Gasteiger partial charge in [-0.05, 0) is 32.3 Å². The third kappa shape index (κ3) is 5.19. The zero-order chi connectivity index (χ0) is 21.8. The molecule has 0 unspecified atom stereocenters. The second-order valence-electron chi connectivity index (χ2n) is 7.11. The summed E-state index contributed by atoms with van der Waals surface area (Å²) in [7, 11) is 5.82. The first-order valence-electron chi connectivity index (χ1n) is 9.60. The molecule has 0 atom stereocenters. The number of benzene rings is 1. The molecule has 3 heterocycles. The Bertz CT molecular complexity index is 1200. The Morgan fingerprint density at radius 1 is 1.10 bits per heavy atom. The number of hydrogen-bond donors (Lipinski definition) is 1. The number of rotatable bonds is 8. The third-order valence-electron chi connectivity index (χ3n) is 4.38. The Balaban J connectivity index is 1.58. The maximum atomic E-state index is 6.24. The Morgan fingerprint density at radius 2 is 1.97 bits per heavy atom. The van der Waals surface area contributed by atoms with E-state index in [4.69, 9.17) is 21.1 Å². The van der Waals surface area contributed by atoms with E-state index in [1.165, 1.54) is 6.33 Å². The van der Waals surface area contributed by atoms with Crippen molar-refractivity contribution in [2.24, 2.45) is 7.05 Å². The molecular formula is C21H22ClN7O2. The van der Waals surface area contributed by atoms with Crippen LogP contribution in [-0.4, -0.2) is 56.9 Å². The molecule has 0 radical (unpaired) electrons. The minimum absolute atomic E-state index is 0.246. The first kappa shape index (κ1) is 20.8. The summed E-state index contributed by atoms with van der Waals surface area (Å²) in [5.41, 5.74) is 0.769. The van der Waals surface area contributed by atoms with Crippen molar-refractivity contribution in [3.05, 3.63) is 54.2 Å². The number of hydrogen-bond acceptors (Lipinski definition) is 8. The van der Waals surface area contributed by atoms with E-state index in [9.17, 15) is 0 Å². The van der Waals surface area contributed by atoms with Crippen LogP contribution in [0.5, 0.6) is 17.2 Å². The quantitative estimate of drug-likeness (QED) is 0.413. The normalized spacial score (nSPS) is 11.1. The Kier molecular flexibility index (Phi) is 6.15. The van der Waals surface area contributed by atoms with Crippen LogP contribution in [0.2, 0.25) is 5.15 Å². The number of nitrogens with one attached hydrogen (secondary N) is 1. The molecule has 0 saturated carbocycles. The van der Waals surface area contributed by atoms with Crippen molar-refractivity contribution in [3.63, 3.8) is 0 Å². The Hall–Kier alpha value is -3.43. The van der Waals surface area contributed by atoms with E-state index < -0.39 is 0 Å². The predicted molar refractivity (Wildman–Crippen MR) is 119 cm³/mol. The van der Waals surface area contributed by atoms with Crippen LogP contribution < -0.4 is 14.8 Å². The molecule has 160 valence electrons. The van der Waals surface area contributed by atoms with Crippen molar-refractivity contribution in [1.82, 2.24) is 29.6 Å². The zero-order valence-corrected chi connectivity index (χ0v) is 18.2. The fourth-order valence-electron chi connectivity index (χ4n) is 2.84. The monoisotopic (exact) mass is 439 g/mol. The van der Waals surface area contributed by atoms with Crippen molar-refractivity contribution in [2.45, 2.75) is 0 Å². The lowest BCUT2D eigenvalue weighted by Gasteiger charge is -2.13. The summed E-state index contributed by atoms with van der Waals surface area (Å²) >= 11 is 6.24. The number of nitrogens with zero attached hydrogens (tertiary/aromatic N) is 6. The molecular weight excluding hydrogens is 418 g/mol. The summed E-state index contributed by atoms with van der Waals surface area (Å²) in [4.78, 5) is 14.9. The standard InChI is InChI=1S/C21H22ClN7O2/c1-28(2)8-9-30-15-11-18(20(22)23-12-15)31-14-4-5-17-16(10-14)21(25-13-24-17)26-19-6-7-29(3)27-19/h4-7,10-13H,8-9H2,1-3H3,(H,24,25,26,27). The fraction of sp³-hybridized carbons (Fsp3) is 0.238. The smallest absolute Gasteiger partial charge is 0.171 e. The summed E-state index contributed by atoms with van der Waals surface area (Å²) in [5, 5.41) is 8.57. The van der Waals surface area contributed by atoms with Crippen molar-refractivity contribution >= 4 is 34.1 Å². The average molecular weight is 440 g/mol. The van der Waals surface area contributed by atoms with Gasteiger partial charge in [0.15, 0.2) is 16.7 Å². The van der Waals surface area contributed by atoms with Gasteiger partial charge in [0.05, 0.1) is 11.7 Å². The van der Waals surface area contributed by atoms with Crippen LogP contribution in [0.15, 0.2) is 49.1 Å². The van der Waals surface area contributed by atoms with Gasteiger partial charge in [-0.3, -0.25) is 4.68 Å². The summed E-state index contributed by atoms with van der Waals surface area (Å²) in [6, 6.07) is 9.10. The van der Waals surface area contributed by atoms with E-state index >= 15 is 0 Å². The van der Waals surface area contributed by atoms with Crippen molar-refractivity contribution < 1.29 is 9.47 Å². The van der Waals surface area contributed by atoms with Gasteiger partial charge in [0.1, 0.15) is 30.3 Å².